The molecular formula is C12H17O3. The molecule has 0 spiro atoms. The van der Waals surface area contributed by atoms with Crippen LogP contribution in [0.25, 0.3) is 0 Å². The van der Waals surface area contributed by atoms with E-state index in [0.29, 0.717) is 19.0 Å². The fourth-order valence-electron chi connectivity index (χ4n) is 1.28. The van der Waals surface area contributed by atoms with Crippen LogP contribution in [0.15, 0.2) is 18.2 Å². The molecule has 3 heteroatoms. The number of phenols is 1. The fourth-order valence-corrected chi connectivity index (χ4v) is 1.28. The first-order chi connectivity index (χ1) is 7.27. The largest absolute Gasteiger partial charge is 0.508 e. The van der Waals surface area contributed by atoms with Gasteiger partial charge in [0, 0.05) is 13.2 Å². The first-order valence-corrected chi connectivity index (χ1v) is 5.00. The van der Waals surface area contributed by atoms with Crippen molar-refractivity contribution in [3.8, 4) is 11.5 Å². The van der Waals surface area contributed by atoms with E-state index in [1.807, 2.05) is 12.1 Å². The first kappa shape index (κ1) is 11.9. The summed E-state index contributed by atoms with van der Waals surface area (Å²) in [6.45, 7) is 4.78. The quantitative estimate of drug-likeness (QED) is 0.730. The summed E-state index contributed by atoms with van der Waals surface area (Å²) < 4.78 is 10.2. The summed E-state index contributed by atoms with van der Waals surface area (Å²) in [5.41, 5.74) is 0.907. The van der Waals surface area contributed by atoms with Gasteiger partial charge in [-0.3, -0.25) is 0 Å². The minimum atomic E-state index is 0.272. The summed E-state index contributed by atoms with van der Waals surface area (Å²) in [7, 11) is 1.62. The van der Waals surface area contributed by atoms with Crippen molar-refractivity contribution in [1.29, 1.82) is 0 Å². The van der Waals surface area contributed by atoms with Gasteiger partial charge in [-0.25, -0.2) is 0 Å². The molecule has 0 heterocycles. The lowest BCUT2D eigenvalue weighted by Gasteiger charge is -2.08. The number of aryl methyl sites for hydroxylation is 1. The second-order valence-electron chi connectivity index (χ2n) is 3.24. The van der Waals surface area contributed by atoms with Gasteiger partial charge in [-0.1, -0.05) is 13.0 Å². The molecule has 0 aliphatic rings. The van der Waals surface area contributed by atoms with Gasteiger partial charge in [0.25, 0.3) is 0 Å². The SMILES string of the molecule is [CH2]CCc1ccc(OCCOC)cc1O. The Morgan fingerprint density at radius 3 is 2.73 bits per heavy atom. The van der Waals surface area contributed by atoms with Crippen LogP contribution in [0.2, 0.25) is 0 Å². The van der Waals surface area contributed by atoms with Crippen molar-refractivity contribution in [1.82, 2.24) is 0 Å². The molecule has 83 valence electrons. The van der Waals surface area contributed by atoms with Gasteiger partial charge in [0.15, 0.2) is 0 Å². The Balaban J connectivity index is 2.56. The maximum absolute atomic E-state index is 9.64. The van der Waals surface area contributed by atoms with Gasteiger partial charge >= 0.3 is 0 Å². The zero-order valence-corrected chi connectivity index (χ0v) is 9.03. The first-order valence-electron chi connectivity index (χ1n) is 5.00. The van der Waals surface area contributed by atoms with Gasteiger partial charge < -0.3 is 14.6 Å². The van der Waals surface area contributed by atoms with Crippen molar-refractivity contribution in [2.75, 3.05) is 20.3 Å². The van der Waals surface area contributed by atoms with E-state index in [0.717, 1.165) is 18.4 Å². The van der Waals surface area contributed by atoms with Crippen LogP contribution >= 0.6 is 0 Å². The highest BCUT2D eigenvalue weighted by molar-refractivity contribution is 5.39. The van der Waals surface area contributed by atoms with Gasteiger partial charge in [-0.15, -0.1) is 0 Å². The molecule has 0 fully saturated rings. The Morgan fingerprint density at radius 1 is 1.33 bits per heavy atom. The highest BCUT2D eigenvalue weighted by Crippen LogP contribution is 2.24. The molecule has 0 amide bonds. The van der Waals surface area contributed by atoms with Crippen molar-refractivity contribution < 1.29 is 14.6 Å². The third kappa shape index (κ3) is 3.80. The topological polar surface area (TPSA) is 38.7 Å². The van der Waals surface area contributed by atoms with Crippen LogP contribution in [0.5, 0.6) is 11.5 Å². The van der Waals surface area contributed by atoms with E-state index in [1.54, 1.807) is 13.2 Å². The summed E-state index contributed by atoms with van der Waals surface area (Å²) in [4.78, 5) is 0. The average Bonchev–Trinajstić information content (AvgIpc) is 2.23. The predicted octanol–water partition coefficient (Wildman–Crippen LogP) is 2.18. The summed E-state index contributed by atoms with van der Waals surface area (Å²) in [6.07, 6.45) is 1.56. The molecule has 0 unspecified atom stereocenters. The minimum Gasteiger partial charge on any atom is -0.508 e. The van der Waals surface area contributed by atoms with Gasteiger partial charge in [0.05, 0.1) is 6.61 Å². The van der Waals surface area contributed by atoms with Crippen molar-refractivity contribution in [3.05, 3.63) is 30.7 Å². The maximum atomic E-state index is 9.64. The van der Waals surface area contributed by atoms with Crippen LogP contribution in [-0.4, -0.2) is 25.4 Å². The number of methoxy groups -OCH3 is 1. The predicted molar refractivity (Wildman–Crippen MR) is 59.2 cm³/mol. The number of rotatable bonds is 6. The van der Waals surface area contributed by atoms with Crippen molar-refractivity contribution in [2.24, 2.45) is 0 Å². The van der Waals surface area contributed by atoms with Crippen molar-refractivity contribution >= 4 is 0 Å². The van der Waals surface area contributed by atoms with Gasteiger partial charge in [0.2, 0.25) is 0 Å². The third-order valence-electron chi connectivity index (χ3n) is 2.06. The second-order valence-corrected chi connectivity index (χ2v) is 3.24. The zero-order chi connectivity index (χ0) is 11.1. The highest BCUT2D eigenvalue weighted by Gasteiger charge is 2.02. The molecule has 1 N–H and O–H groups in total. The van der Waals surface area contributed by atoms with Crippen LogP contribution < -0.4 is 4.74 Å². The van der Waals surface area contributed by atoms with E-state index in [4.69, 9.17) is 9.47 Å². The molecule has 0 saturated heterocycles. The molecule has 0 bridgehead atoms. The normalized spacial score (nSPS) is 10.3. The summed E-state index contributed by atoms with van der Waals surface area (Å²) in [5.74, 6) is 0.936. The second kappa shape index (κ2) is 6.30. The highest BCUT2D eigenvalue weighted by atomic mass is 16.5. The Kier molecular flexibility index (Phi) is 4.98. The molecule has 0 aliphatic carbocycles. The fraction of sp³-hybridized carbons (Fsp3) is 0.417. The van der Waals surface area contributed by atoms with Crippen LogP contribution in [0.1, 0.15) is 12.0 Å². The van der Waals surface area contributed by atoms with Crippen LogP contribution in [0.4, 0.5) is 0 Å². The summed E-state index contributed by atoms with van der Waals surface area (Å²) >= 11 is 0. The Morgan fingerprint density at radius 2 is 2.13 bits per heavy atom. The number of ether oxygens (including phenoxy) is 2. The average molecular weight is 209 g/mol. The molecular weight excluding hydrogens is 192 g/mol. The molecule has 1 aromatic rings. The van der Waals surface area contributed by atoms with Crippen LogP contribution in [-0.2, 0) is 11.2 Å². The third-order valence-corrected chi connectivity index (χ3v) is 2.06. The summed E-state index contributed by atoms with van der Waals surface area (Å²) in [6, 6.07) is 5.34. The number of aromatic hydroxyl groups is 1. The van der Waals surface area contributed by atoms with E-state index in [2.05, 4.69) is 6.92 Å². The molecule has 1 aromatic carbocycles. The van der Waals surface area contributed by atoms with E-state index >= 15 is 0 Å². The number of hydrogen-bond donors (Lipinski definition) is 1. The lowest BCUT2D eigenvalue weighted by atomic mass is 10.1. The Labute approximate surface area is 90.6 Å². The Hall–Kier alpha value is -1.22. The molecule has 15 heavy (non-hydrogen) atoms. The van der Waals surface area contributed by atoms with Crippen molar-refractivity contribution in [2.45, 2.75) is 12.8 Å². The van der Waals surface area contributed by atoms with E-state index in [9.17, 15) is 5.11 Å². The molecule has 3 nitrogen and oxygen atoms in total. The molecule has 0 atom stereocenters. The summed E-state index contributed by atoms with van der Waals surface area (Å²) in [5, 5.41) is 9.64. The van der Waals surface area contributed by atoms with Crippen LogP contribution in [0.3, 0.4) is 0 Å². The molecule has 0 aliphatic heterocycles. The smallest absolute Gasteiger partial charge is 0.123 e. The van der Waals surface area contributed by atoms with E-state index < -0.39 is 0 Å². The lowest BCUT2D eigenvalue weighted by molar-refractivity contribution is 0.146. The minimum absolute atomic E-state index is 0.272. The monoisotopic (exact) mass is 209 g/mol. The standard InChI is InChI=1S/C12H17O3/c1-3-4-10-5-6-11(9-12(10)13)15-8-7-14-2/h5-6,9,13H,1,3-4,7-8H2,2H3. The molecule has 0 aromatic heterocycles. The lowest BCUT2D eigenvalue weighted by Crippen LogP contribution is -2.04. The molecule has 0 saturated carbocycles. The van der Waals surface area contributed by atoms with Gasteiger partial charge in [0.1, 0.15) is 18.1 Å². The number of benzene rings is 1. The number of hydrogen-bond acceptors (Lipinski definition) is 3. The van der Waals surface area contributed by atoms with E-state index in [-0.39, 0.29) is 5.75 Å². The van der Waals surface area contributed by atoms with Gasteiger partial charge in [-0.05, 0) is 24.5 Å². The Bertz CT molecular complexity index is 297. The van der Waals surface area contributed by atoms with Crippen molar-refractivity contribution in [3.63, 3.8) is 0 Å². The van der Waals surface area contributed by atoms with Crippen LogP contribution in [0, 0.1) is 6.92 Å². The molecule has 1 radical (unpaired) electrons. The number of phenolic OH excluding ortho intramolecular Hbond substituents is 1. The van der Waals surface area contributed by atoms with E-state index in [1.165, 1.54) is 0 Å². The van der Waals surface area contributed by atoms with Gasteiger partial charge in [-0.2, -0.15) is 0 Å². The maximum Gasteiger partial charge on any atom is 0.123 e. The zero-order valence-electron chi connectivity index (χ0n) is 9.03. The molecule has 1 rings (SSSR count).